The first-order valence-corrected chi connectivity index (χ1v) is 9.37. The Balaban J connectivity index is 1.53. The number of carbonyl (C=O) groups excluding carboxylic acids is 1. The molecule has 3 aromatic rings. The Bertz CT molecular complexity index is 1000. The topological polar surface area (TPSA) is 65.5 Å². The molecule has 1 aliphatic rings. The fraction of sp³-hybridized carbons (Fsp3) is 0.0909. The molecule has 0 aromatic heterocycles. The Morgan fingerprint density at radius 2 is 1.68 bits per heavy atom. The number of carbonyl (C=O) groups is 1. The maximum atomic E-state index is 12.2. The highest BCUT2D eigenvalue weighted by Gasteiger charge is 2.24. The van der Waals surface area contributed by atoms with E-state index in [2.05, 4.69) is 33.3 Å². The van der Waals surface area contributed by atoms with Crippen molar-refractivity contribution in [2.24, 2.45) is 5.10 Å². The van der Waals surface area contributed by atoms with Crippen molar-refractivity contribution in [2.45, 2.75) is 12.5 Å². The van der Waals surface area contributed by atoms with E-state index < -0.39 is 6.03 Å². The number of fused-ring (bicyclic) bond motifs is 1. The third-order valence-corrected chi connectivity index (χ3v) is 4.81. The van der Waals surface area contributed by atoms with Crippen molar-refractivity contribution in [2.75, 3.05) is 10.6 Å². The molecular formula is C22H19ClN4O. The Kier molecular flexibility index (Phi) is 5.26. The van der Waals surface area contributed by atoms with Crippen molar-refractivity contribution in [3.63, 3.8) is 0 Å². The van der Waals surface area contributed by atoms with Gasteiger partial charge in [0, 0.05) is 28.4 Å². The second-order valence-electron chi connectivity index (χ2n) is 6.49. The van der Waals surface area contributed by atoms with Crippen molar-refractivity contribution in [1.29, 1.82) is 0 Å². The van der Waals surface area contributed by atoms with Gasteiger partial charge in [-0.2, -0.15) is 5.10 Å². The van der Waals surface area contributed by atoms with E-state index in [-0.39, 0.29) is 6.04 Å². The first kappa shape index (κ1) is 18.1. The fourth-order valence-electron chi connectivity index (χ4n) is 3.21. The number of hydrazone groups is 1. The molecule has 2 amide bonds. The van der Waals surface area contributed by atoms with E-state index in [0.29, 0.717) is 17.1 Å². The van der Waals surface area contributed by atoms with Gasteiger partial charge in [0.2, 0.25) is 0 Å². The summed E-state index contributed by atoms with van der Waals surface area (Å²) in [7, 11) is 0. The predicted octanol–water partition coefficient (Wildman–Crippen LogP) is 5.42. The average molecular weight is 391 g/mol. The lowest BCUT2D eigenvalue weighted by Crippen LogP contribution is -2.29. The van der Waals surface area contributed by atoms with Crippen LogP contribution in [0.15, 0.2) is 84.0 Å². The number of halogens is 1. The molecule has 4 rings (SSSR count). The normalized spacial score (nSPS) is 16.8. The molecule has 0 bridgehead atoms. The summed E-state index contributed by atoms with van der Waals surface area (Å²) in [6.45, 7) is 0. The Morgan fingerprint density at radius 3 is 2.46 bits per heavy atom. The van der Waals surface area contributed by atoms with Gasteiger partial charge >= 0.3 is 6.03 Å². The van der Waals surface area contributed by atoms with Crippen molar-refractivity contribution in [3.8, 4) is 0 Å². The number of hydrogen-bond donors (Lipinski definition) is 3. The third-order valence-electron chi connectivity index (χ3n) is 4.56. The van der Waals surface area contributed by atoms with Crippen molar-refractivity contribution in [3.05, 3.63) is 95.0 Å². The summed E-state index contributed by atoms with van der Waals surface area (Å²) in [6, 6.07) is 24.8. The zero-order chi connectivity index (χ0) is 19.3. The van der Waals surface area contributed by atoms with Crippen LogP contribution in [0.2, 0.25) is 5.02 Å². The molecule has 1 heterocycles. The first-order valence-electron chi connectivity index (χ1n) is 8.99. The SMILES string of the molecule is O=C(NN=C1CC(c2ccccc2)Nc2ccccc21)Nc1ccc(Cl)cc1. The number of hydrogen-bond acceptors (Lipinski definition) is 3. The van der Waals surface area contributed by atoms with Gasteiger partial charge in [-0.1, -0.05) is 60.1 Å². The van der Waals surface area contributed by atoms with E-state index in [4.69, 9.17) is 11.6 Å². The van der Waals surface area contributed by atoms with Gasteiger partial charge in [0.1, 0.15) is 0 Å². The molecule has 6 heteroatoms. The van der Waals surface area contributed by atoms with Gasteiger partial charge in [-0.05, 0) is 35.9 Å². The van der Waals surface area contributed by atoms with Crippen LogP contribution in [-0.4, -0.2) is 11.7 Å². The van der Waals surface area contributed by atoms with E-state index in [1.807, 2.05) is 42.5 Å². The van der Waals surface area contributed by atoms with Crippen LogP contribution in [-0.2, 0) is 0 Å². The van der Waals surface area contributed by atoms with Gasteiger partial charge in [-0.25, -0.2) is 10.2 Å². The largest absolute Gasteiger partial charge is 0.377 e. The van der Waals surface area contributed by atoms with Crippen molar-refractivity contribution < 1.29 is 4.79 Å². The second kappa shape index (κ2) is 8.15. The molecule has 5 nitrogen and oxygen atoms in total. The van der Waals surface area contributed by atoms with Gasteiger partial charge in [-0.3, -0.25) is 0 Å². The molecule has 0 aliphatic carbocycles. The van der Waals surface area contributed by atoms with Crippen LogP contribution in [0.1, 0.15) is 23.6 Å². The number of nitrogens with one attached hydrogen (secondary N) is 3. The van der Waals surface area contributed by atoms with E-state index in [1.165, 1.54) is 5.56 Å². The summed E-state index contributed by atoms with van der Waals surface area (Å²) in [5.74, 6) is 0. The van der Waals surface area contributed by atoms with Gasteiger partial charge < -0.3 is 10.6 Å². The molecule has 1 aliphatic heterocycles. The zero-order valence-electron chi connectivity index (χ0n) is 15.0. The maximum Gasteiger partial charge on any atom is 0.339 e. The molecule has 28 heavy (non-hydrogen) atoms. The van der Waals surface area contributed by atoms with E-state index >= 15 is 0 Å². The summed E-state index contributed by atoms with van der Waals surface area (Å²) in [5, 5.41) is 11.3. The number of para-hydroxylation sites is 1. The minimum atomic E-state index is -0.401. The highest BCUT2D eigenvalue weighted by Crippen LogP contribution is 2.32. The van der Waals surface area contributed by atoms with Crippen molar-refractivity contribution >= 4 is 34.7 Å². The summed E-state index contributed by atoms with van der Waals surface area (Å²) < 4.78 is 0. The van der Waals surface area contributed by atoms with E-state index in [9.17, 15) is 4.79 Å². The second-order valence-corrected chi connectivity index (χ2v) is 6.93. The molecule has 3 aromatic carbocycles. The number of anilines is 2. The summed E-state index contributed by atoms with van der Waals surface area (Å²) >= 11 is 5.87. The molecule has 1 unspecified atom stereocenters. The van der Waals surface area contributed by atoms with Crippen LogP contribution >= 0.6 is 11.6 Å². The Morgan fingerprint density at radius 1 is 0.964 bits per heavy atom. The molecule has 0 saturated carbocycles. The molecule has 0 radical (unpaired) electrons. The standard InChI is InChI=1S/C22H19ClN4O/c23-16-10-12-17(13-11-16)24-22(28)27-26-21-14-20(15-6-2-1-3-7-15)25-19-9-5-4-8-18(19)21/h1-13,20,25H,14H2,(H2,24,27,28). The summed E-state index contributed by atoms with van der Waals surface area (Å²) in [4.78, 5) is 12.2. The van der Waals surface area contributed by atoms with E-state index in [1.54, 1.807) is 24.3 Å². The minimum absolute atomic E-state index is 0.0935. The van der Waals surface area contributed by atoms with Crippen LogP contribution in [0.3, 0.4) is 0 Å². The fourth-order valence-corrected chi connectivity index (χ4v) is 3.33. The quantitative estimate of drug-likeness (QED) is 0.522. The predicted molar refractivity (Wildman–Crippen MR) is 114 cm³/mol. The van der Waals surface area contributed by atoms with Gasteiger partial charge in [0.25, 0.3) is 0 Å². The van der Waals surface area contributed by atoms with Gasteiger partial charge in [0.15, 0.2) is 0 Å². The van der Waals surface area contributed by atoms with Crippen LogP contribution in [0, 0.1) is 0 Å². The average Bonchev–Trinajstić information content (AvgIpc) is 2.74. The number of nitrogens with zero attached hydrogens (tertiary/aromatic N) is 1. The highest BCUT2D eigenvalue weighted by molar-refractivity contribution is 6.30. The lowest BCUT2D eigenvalue weighted by atomic mass is 9.92. The molecule has 0 spiro atoms. The van der Waals surface area contributed by atoms with Crippen LogP contribution < -0.4 is 16.1 Å². The maximum absolute atomic E-state index is 12.2. The smallest absolute Gasteiger partial charge is 0.339 e. The van der Waals surface area contributed by atoms with Crippen molar-refractivity contribution in [1.82, 2.24) is 5.43 Å². The zero-order valence-corrected chi connectivity index (χ0v) is 15.8. The number of benzene rings is 3. The Hall–Kier alpha value is -3.31. The van der Waals surface area contributed by atoms with Gasteiger partial charge in [0.05, 0.1) is 11.8 Å². The van der Waals surface area contributed by atoms with Crippen LogP contribution in [0.4, 0.5) is 16.2 Å². The molecule has 0 fully saturated rings. The molecular weight excluding hydrogens is 372 g/mol. The summed E-state index contributed by atoms with van der Waals surface area (Å²) in [5.41, 5.74) is 7.25. The number of urea groups is 1. The lowest BCUT2D eigenvalue weighted by molar-refractivity contribution is 0.252. The van der Waals surface area contributed by atoms with Gasteiger partial charge in [-0.15, -0.1) is 0 Å². The lowest BCUT2D eigenvalue weighted by Gasteiger charge is -2.28. The van der Waals surface area contributed by atoms with Crippen LogP contribution in [0.25, 0.3) is 0 Å². The molecule has 0 saturated heterocycles. The highest BCUT2D eigenvalue weighted by atomic mass is 35.5. The monoisotopic (exact) mass is 390 g/mol. The minimum Gasteiger partial charge on any atom is -0.377 e. The summed E-state index contributed by atoms with van der Waals surface area (Å²) in [6.07, 6.45) is 0.669. The molecule has 140 valence electrons. The first-order chi connectivity index (χ1) is 13.7. The Labute approximate surface area is 168 Å². The molecule has 1 atom stereocenters. The number of rotatable bonds is 3. The van der Waals surface area contributed by atoms with Crippen LogP contribution in [0.5, 0.6) is 0 Å². The van der Waals surface area contributed by atoms with E-state index in [0.717, 1.165) is 17.0 Å². The number of amides is 2. The molecule has 3 N–H and O–H groups in total. The third kappa shape index (κ3) is 4.15.